The van der Waals surface area contributed by atoms with E-state index < -0.39 is 0 Å². The number of thioether (sulfide) groups is 1. The molecule has 3 heteroatoms. The van der Waals surface area contributed by atoms with Gasteiger partial charge in [0.2, 0.25) is 5.91 Å². The molecular weight excluding hydrogens is 254 g/mol. The Morgan fingerprint density at radius 3 is 2.68 bits per heavy atom. The summed E-state index contributed by atoms with van der Waals surface area (Å²) in [7, 11) is 0. The normalized spacial score (nSPS) is 20.4. The third-order valence-electron chi connectivity index (χ3n) is 4.32. The van der Waals surface area contributed by atoms with Gasteiger partial charge in [0.15, 0.2) is 0 Å². The first kappa shape index (κ1) is 13.0. The lowest BCUT2D eigenvalue weighted by molar-refractivity contribution is -0.132. The van der Waals surface area contributed by atoms with E-state index in [1.54, 1.807) is 0 Å². The van der Waals surface area contributed by atoms with Crippen LogP contribution in [0.4, 0.5) is 0 Å². The van der Waals surface area contributed by atoms with Crippen LogP contribution in [0.3, 0.4) is 0 Å². The third-order valence-corrected chi connectivity index (χ3v) is 5.37. The molecule has 2 aliphatic rings. The molecule has 2 heterocycles. The topological polar surface area (TPSA) is 20.3 Å². The molecule has 0 atom stereocenters. The van der Waals surface area contributed by atoms with Crippen LogP contribution in [0, 0.1) is 5.92 Å². The smallest absolute Gasteiger partial charge is 0.227 e. The van der Waals surface area contributed by atoms with Crippen LogP contribution in [-0.2, 0) is 17.8 Å². The van der Waals surface area contributed by atoms with Crippen LogP contribution in [0.2, 0.25) is 0 Å². The zero-order chi connectivity index (χ0) is 13.1. The van der Waals surface area contributed by atoms with Gasteiger partial charge in [-0.1, -0.05) is 24.3 Å². The van der Waals surface area contributed by atoms with Crippen LogP contribution in [0.25, 0.3) is 0 Å². The molecule has 2 nitrogen and oxygen atoms in total. The predicted molar refractivity (Wildman–Crippen MR) is 80.2 cm³/mol. The first-order chi connectivity index (χ1) is 9.33. The number of nitrogens with zero attached hydrogens (tertiary/aromatic N) is 1. The highest BCUT2D eigenvalue weighted by molar-refractivity contribution is 7.99. The Morgan fingerprint density at radius 2 is 1.89 bits per heavy atom. The van der Waals surface area contributed by atoms with E-state index in [1.165, 1.54) is 41.9 Å². The standard InChI is InChI=1S/C16H21NOS/c18-16-11-14-3-1-2-4-15(14)12-17(16)8-5-13-6-9-19-10-7-13/h1-4,13H,5-12H2. The molecule has 1 fully saturated rings. The minimum absolute atomic E-state index is 0.309. The van der Waals surface area contributed by atoms with Crippen LogP contribution in [0.1, 0.15) is 30.4 Å². The first-order valence-electron chi connectivity index (χ1n) is 7.25. The van der Waals surface area contributed by atoms with Gasteiger partial charge in [0.25, 0.3) is 0 Å². The quantitative estimate of drug-likeness (QED) is 0.845. The summed E-state index contributed by atoms with van der Waals surface area (Å²) in [6, 6.07) is 8.35. The monoisotopic (exact) mass is 275 g/mol. The molecule has 1 aromatic carbocycles. The maximum Gasteiger partial charge on any atom is 0.227 e. The Hall–Kier alpha value is -0.960. The van der Waals surface area contributed by atoms with E-state index in [4.69, 9.17) is 0 Å². The van der Waals surface area contributed by atoms with Crippen molar-refractivity contribution in [2.75, 3.05) is 18.1 Å². The number of rotatable bonds is 3. The zero-order valence-electron chi connectivity index (χ0n) is 11.3. The predicted octanol–water partition coefficient (Wildman–Crippen LogP) is 3.10. The minimum Gasteiger partial charge on any atom is -0.338 e. The number of amides is 1. The Kier molecular flexibility index (Phi) is 4.12. The molecule has 0 bridgehead atoms. The summed E-state index contributed by atoms with van der Waals surface area (Å²) in [5, 5.41) is 0. The lowest BCUT2D eigenvalue weighted by Gasteiger charge is -2.31. The number of carbonyl (C=O) groups excluding carboxylic acids is 1. The van der Waals surface area contributed by atoms with Crippen LogP contribution >= 0.6 is 11.8 Å². The Balaban J connectivity index is 1.58. The zero-order valence-corrected chi connectivity index (χ0v) is 12.1. The molecule has 0 N–H and O–H groups in total. The maximum absolute atomic E-state index is 12.2. The molecule has 1 saturated heterocycles. The highest BCUT2D eigenvalue weighted by atomic mass is 32.2. The highest BCUT2D eigenvalue weighted by Crippen LogP contribution is 2.26. The van der Waals surface area contributed by atoms with Gasteiger partial charge in [0.05, 0.1) is 6.42 Å². The number of hydrogen-bond acceptors (Lipinski definition) is 2. The van der Waals surface area contributed by atoms with Crippen LogP contribution < -0.4 is 0 Å². The summed E-state index contributed by atoms with van der Waals surface area (Å²) in [5.41, 5.74) is 2.55. The summed E-state index contributed by atoms with van der Waals surface area (Å²) >= 11 is 2.07. The molecule has 0 aromatic heterocycles. The average Bonchev–Trinajstić information content (AvgIpc) is 2.46. The third kappa shape index (κ3) is 3.14. The maximum atomic E-state index is 12.2. The second kappa shape index (κ2) is 6.00. The fraction of sp³-hybridized carbons (Fsp3) is 0.562. The minimum atomic E-state index is 0.309. The van der Waals surface area contributed by atoms with Crippen molar-refractivity contribution >= 4 is 17.7 Å². The Bertz CT molecular complexity index is 454. The molecule has 0 saturated carbocycles. The van der Waals surface area contributed by atoms with Crippen molar-refractivity contribution in [3.05, 3.63) is 35.4 Å². The van der Waals surface area contributed by atoms with Gasteiger partial charge in [-0.15, -0.1) is 0 Å². The molecule has 1 aromatic rings. The van der Waals surface area contributed by atoms with Crippen molar-refractivity contribution in [2.45, 2.75) is 32.2 Å². The fourth-order valence-corrected chi connectivity index (χ4v) is 4.23. The summed E-state index contributed by atoms with van der Waals surface area (Å²) in [6.07, 6.45) is 4.46. The molecule has 1 amide bonds. The second-order valence-corrected chi connectivity index (χ2v) is 6.83. The Labute approximate surface area is 119 Å². The second-order valence-electron chi connectivity index (χ2n) is 5.61. The summed E-state index contributed by atoms with van der Waals surface area (Å²) in [5.74, 6) is 3.76. The summed E-state index contributed by atoms with van der Waals surface area (Å²) in [4.78, 5) is 14.2. The van der Waals surface area contributed by atoms with E-state index in [1.807, 2.05) is 6.07 Å². The molecule has 0 unspecified atom stereocenters. The number of benzene rings is 1. The molecule has 2 aliphatic heterocycles. The highest BCUT2D eigenvalue weighted by Gasteiger charge is 2.23. The van der Waals surface area contributed by atoms with Crippen molar-refractivity contribution in [3.63, 3.8) is 0 Å². The van der Waals surface area contributed by atoms with Gasteiger partial charge in [0, 0.05) is 13.1 Å². The molecule has 19 heavy (non-hydrogen) atoms. The summed E-state index contributed by atoms with van der Waals surface area (Å²) < 4.78 is 0. The number of carbonyl (C=O) groups is 1. The van der Waals surface area contributed by atoms with Gasteiger partial charge >= 0.3 is 0 Å². The van der Waals surface area contributed by atoms with Crippen LogP contribution in [-0.4, -0.2) is 28.9 Å². The fourth-order valence-electron chi connectivity index (χ4n) is 3.03. The lowest BCUT2D eigenvalue weighted by Crippen LogP contribution is -2.37. The van der Waals surface area contributed by atoms with Gasteiger partial charge in [-0.2, -0.15) is 11.8 Å². The SMILES string of the molecule is O=C1Cc2ccccc2CN1CCC1CCSCC1. The molecule has 3 rings (SSSR count). The lowest BCUT2D eigenvalue weighted by atomic mass is 9.96. The number of fused-ring (bicyclic) bond motifs is 1. The Morgan fingerprint density at radius 1 is 1.16 bits per heavy atom. The molecule has 0 aliphatic carbocycles. The van der Waals surface area contributed by atoms with Crippen LogP contribution in [0.15, 0.2) is 24.3 Å². The van der Waals surface area contributed by atoms with Crippen molar-refractivity contribution < 1.29 is 4.79 Å². The van der Waals surface area contributed by atoms with E-state index in [9.17, 15) is 4.79 Å². The summed E-state index contributed by atoms with van der Waals surface area (Å²) in [6.45, 7) is 1.76. The van der Waals surface area contributed by atoms with Crippen molar-refractivity contribution in [1.82, 2.24) is 4.90 Å². The van der Waals surface area contributed by atoms with Gasteiger partial charge < -0.3 is 4.90 Å². The first-order valence-corrected chi connectivity index (χ1v) is 8.40. The van der Waals surface area contributed by atoms with Gasteiger partial charge in [0.1, 0.15) is 0 Å². The largest absolute Gasteiger partial charge is 0.338 e. The average molecular weight is 275 g/mol. The van der Waals surface area contributed by atoms with Gasteiger partial charge in [-0.05, 0) is 47.8 Å². The molecule has 0 spiro atoms. The van der Waals surface area contributed by atoms with E-state index >= 15 is 0 Å². The molecule has 0 radical (unpaired) electrons. The van der Waals surface area contributed by atoms with Gasteiger partial charge in [-0.3, -0.25) is 4.79 Å². The van der Waals surface area contributed by atoms with E-state index in [2.05, 4.69) is 34.9 Å². The van der Waals surface area contributed by atoms with E-state index in [-0.39, 0.29) is 0 Å². The van der Waals surface area contributed by atoms with Crippen molar-refractivity contribution in [1.29, 1.82) is 0 Å². The van der Waals surface area contributed by atoms with E-state index in [0.717, 1.165) is 19.0 Å². The van der Waals surface area contributed by atoms with Gasteiger partial charge in [-0.25, -0.2) is 0 Å². The van der Waals surface area contributed by atoms with Crippen molar-refractivity contribution in [2.24, 2.45) is 5.92 Å². The van der Waals surface area contributed by atoms with Crippen molar-refractivity contribution in [3.8, 4) is 0 Å². The van der Waals surface area contributed by atoms with E-state index in [0.29, 0.717) is 12.3 Å². The molecule has 102 valence electrons. The molecular formula is C16H21NOS. The number of hydrogen-bond donors (Lipinski definition) is 0. The van der Waals surface area contributed by atoms with Crippen LogP contribution in [0.5, 0.6) is 0 Å².